The lowest BCUT2D eigenvalue weighted by Gasteiger charge is -2.18. The van der Waals surface area contributed by atoms with Gasteiger partial charge in [0.2, 0.25) is 0 Å². The Labute approximate surface area is 122 Å². The number of rotatable bonds is 4. The second-order valence-corrected chi connectivity index (χ2v) is 5.24. The van der Waals surface area contributed by atoms with Gasteiger partial charge in [-0.25, -0.2) is 4.39 Å². The summed E-state index contributed by atoms with van der Waals surface area (Å²) in [5.41, 5.74) is 0.733. The molecule has 21 heavy (non-hydrogen) atoms. The smallest absolute Gasteiger partial charge is 0.254 e. The molecule has 1 aliphatic carbocycles. The summed E-state index contributed by atoms with van der Waals surface area (Å²) in [6, 6.07) is 13.6. The summed E-state index contributed by atoms with van der Waals surface area (Å²) in [4.78, 5) is 12.2. The summed E-state index contributed by atoms with van der Waals surface area (Å²) in [6.45, 7) is 0. The van der Waals surface area contributed by atoms with Crippen LogP contribution in [0.2, 0.25) is 0 Å². The number of hydrogen-bond acceptors (Lipinski definition) is 2. The van der Waals surface area contributed by atoms with Crippen molar-refractivity contribution in [3.8, 4) is 5.75 Å². The van der Waals surface area contributed by atoms with Crippen molar-refractivity contribution in [3.63, 3.8) is 0 Å². The average Bonchev–Trinajstić information content (AvgIpc) is 3.28. The molecule has 0 bridgehead atoms. The minimum absolute atomic E-state index is 0.0808. The third-order valence-electron chi connectivity index (χ3n) is 3.86. The first-order valence-electron chi connectivity index (χ1n) is 6.86. The van der Waals surface area contributed by atoms with Crippen LogP contribution in [0.5, 0.6) is 5.75 Å². The maximum absolute atomic E-state index is 13.7. The zero-order valence-corrected chi connectivity index (χ0v) is 11.7. The molecule has 1 aliphatic rings. The van der Waals surface area contributed by atoms with E-state index in [0.717, 1.165) is 24.2 Å². The summed E-state index contributed by atoms with van der Waals surface area (Å²) >= 11 is 0. The molecule has 3 rings (SSSR count). The van der Waals surface area contributed by atoms with E-state index in [2.05, 4.69) is 5.32 Å². The van der Waals surface area contributed by atoms with E-state index in [1.165, 1.54) is 12.1 Å². The van der Waals surface area contributed by atoms with E-state index in [1.807, 2.05) is 24.3 Å². The molecule has 0 aromatic heterocycles. The van der Waals surface area contributed by atoms with Crippen molar-refractivity contribution in [2.45, 2.75) is 18.4 Å². The Bertz CT molecular complexity index is 663. The van der Waals surface area contributed by atoms with Crippen LogP contribution in [-0.4, -0.2) is 13.0 Å². The summed E-state index contributed by atoms with van der Waals surface area (Å²) in [5, 5.41) is 2.96. The van der Waals surface area contributed by atoms with Crippen molar-refractivity contribution >= 4 is 5.91 Å². The number of ether oxygens (including phenoxy) is 1. The van der Waals surface area contributed by atoms with Crippen molar-refractivity contribution in [3.05, 3.63) is 65.5 Å². The monoisotopic (exact) mass is 285 g/mol. The first-order chi connectivity index (χ1) is 10.1. The quantitative estimate of drug-likeness (QED) is 0.936. The van der Waals surface area contributed by atoms with Crippen molar-refractivity contribution in [1.82, 2.24) is 5.32 Å². The van der Waals surface area contributed by atoms with Gasteiger partial charge in [0.05, 0.1) is 18.2 Å². The number of nitrogens with one attached hydrogen (secondary N) is 1. The van der Waals surface area contributed by atoms with Crippen LogP contribution in [0.25, 0.3) is 0 Å². The fourth-order valence-electron chi connectivity index (χ4n) is 2.45. The third kappa shape index (κ3) is 2.61. The maximum atomic E-state index is 13.7. The van der Waals surface area contributed by atoms with Crippen LogP contribution >= 0.6 is 0 Å². The molecule has 2 aromatic carbocycles. The Hall–Kier alpha value is -2.36. The number of amides is 1. The molecule has 0 radical (unpaired) electrons. The van der Waals surface area contributed by atoms with Crippen LogP contribution < -0.4 is 10.1 Å². The van der Waals surface area contributed by atoms with Crippen LogP contribution in [0.15, 0.2) is 48.5 Å². The van der Waals surface area contributed by atoms with Gasteiger partial charge in [0.15, 0.2) is 0 Å². The topological polar surface area (TPSA) is 38.3 Å². The molecule has 4 heteroatoms. The summed E-state index contributed by atoms with van der Waals surface area (Å²) in [6.07, 6.45) is 1.72. The zero-order chi connectivity index (χ0) is 14.9. The van der Waals surface area contributed by atoms with E-state index in [4.69, 9.17) is 4.74 Å². The standard InChI is InChI=1S/C17H16FNO2/c1-21-13-8-6-12(7-9-13)17(10-11-17)19-16(20)14-4-2-3-5-15(14)18/h2-9H,10-11H2,1H3,(H,19,20). The second kappa shape index (κ2) is 5.20. The molecular formula is C17H16FNO2. The van der Waals surface area contributed by atoms with E-state index in [0.29, 0.717) is 0 Å². The van der Waals surface area contributed by atoms with Crippen LogP contribution in [0.4, 0.5) is 4.39 Å². The van der Waals surface area contributed by atoms with Gasteiger partial charge in [-0.3, -0.25) is 4.79 Å². The van der Waals surface area contributed by atoms with E-state index in [-0.39, 0.29) is 17.0 Å². The molecule has 0 heterocycles. The van der Waals surface area contributed by atoms with Gasteiger partial charge in [-0.2, -0.15) is 0 Å². The molecule has 2 aromatic rings. The number of methoxy groups -OCH3 is 1. The van der Waals surface area contributed by atoms with Gasteiger partial charge < -0.3 is 10.1 Å². The fraction of sp³-hybridized carbons (Fsp3) is 0.235. The predicted octanol–water partition coefficient (Wildman–Crippen LogP) is 3.25. The molecule has 0 spiro atoms. The minimum Gasteiger partial charge on any atom is -0.497 e. The van der Waals surface area contributed by atoms with Gasteiger partial charge in [-0.15, -0.1) is 0 Å². The van der Waals surface area contributed by atoms with Gasteiger partial charge in [0.1, 0.15) is 11.6 Å². The number of hydrogen-bond donors (Lipinski definition) is 1. The summed E-state index contributed by atoms with van der Waals surface area (Å²) < 4.78 is 18.8. The molecular weight excluding hydrogens is 269 g/mol. The van der Waals surface area contributed by atoms with Crippen LogP contribution in [0.3, 0.4) is 0 Å². The maximum Gasteiger partial charge on any atom is 0.254 e. The fourth-order valence-corrected chi connectivity index (χ4v) is 2.45. The highest BCUT2D eigenvalue weighted by Gasteiger charge is 2.45. The van der Waals surface area contributed by atoms with Crippen molar-refractivity contribution < 1.29 is 13.9 Å². The number of carbonyl (C=O) groups excluding carboxylic acids is 1. The normalized spacial score (nSPS) is 15.3. The molecule has 0 saturated heterocycles. The first kappa shape index (κ1) is 13.6. The number of halogens is 1. The van der Waals surface area contributed by atoms with Gasteiger partial charge in [0.25, 0.3) is 5.91 Å². The molecule has 0 unspecified atom stereocenters. The first-order valence-corrected chi connectivity index (χ1v) is 6.86. The minimum atomic E-state index is -0.500. The highest BCUT2D eigenvalue weighted by Crippen LogP contribution is 2.46. The van der Waals surface area contributed by atoms with Crippen molar-refractivity contribution in [1.29, 1.82) is 0 Å². The third-order valence-corrected chi connectivity index (χ3v) is 3.86. The van der Waals surface area contributed by atoms with E-state index >= 15 is 0 Å². The van der Waals surface area contributed by atoms with Crippen molar-refractivity contribution in [2.75, 3.05) is 7.11 Å². The van der Waals surface area contributed by atoms with Crippen LogP contribution in [-0.2, 0) is 5.54 Å². The van der Waals surface area contributed by atoms with Crippen LogP contribution in [0.1, 0.15) is 28.8 Å². The van der Waals surface area contributed by atoms with E-state index < -0.39 is 5.82 Å². The number of benzene rings is 2. The number of carbonyl (C=O) groups is 1. The van der Waals surface area contributed by atoms with Crippen LogP contribution in [0, 0.1) is 5.82 Å². The largest absolute Gasteiger partial charge is 0.497 e. The lowest BCUT2D eigenvalue weighted by Crippen LogP contribution is -2.35. The lowest BCUT2D eigenvalue weighted by atomic mass is 10.0. The van der Waals surface area contributed by atoms with Crippen molar-refractivity contribution in [2.24, 2.45) is 0 Å². The Morgan fingerprint density at radius 1 is 1.14 bits per heavy atom. The molecule has 1 saturated carbocycles. The Morgan fingerprint density at radius 2 is 1.81 bits per heavy atom. The zero-order valence-electron chi connectivity index (χ0n) is 11.7. The molecule has 1 fully saturated rings. The SMILES string of the molecule is COc1ccc(C2(NC(=O)c3ccccc3F)CC2)cc1. The molecule has 108 valence electrons. The Kier molecular flexibility index (Phi) is 3.37. The molecule has 0 atom stereocenters. The van der Waals surface area contributed by atoms with Gasteiger partial charge in [-0.05, 0) is 42.7 Å². The second-order valence-electron chi connectivity index (χ2n) is 5.24. The summed E-state index contributed by atoms with van der Waals surface area (Å²) in [7, 11) is 1.61. The Morgan fingerprint density at radius 3 is 2.38 bits per heavy atom. The predicted molar refractivity (Wildman–Crippen MR) is 77.8 cm³/mol. The van der Waals surface area contributed by atoms with E-state index in [1.54, 1.807) is 19.2 Å². The highest BCUT2D eigenvalue weighted by atomic mass is 19.1. The average molecular weight is 285 g/mol. The van der Waals surface area contributed by atoms with Gasteiger partial charge in [-0.1, -0.05) is 24.3 Å². The summed E-state index contributed by atoms with van der Waals surface area (Å²) in [5.74, 6) is -0.100. The van der Waals surface area contributed by atoms with E-state index in [9.17, 15) is 9.18 Å². The Balaban J connectivity index is 1.80. The molecule has 0 aliphatic heterocycles. The highest BCUT2D eigenvalue weighted by molar-refractivity contribution is 5.95. The molecule has 1 amide bonds. The molecule has 3 nitrogen and oxygen atoms in total. The van der Waals surface area contributed by atoms with Gasteiger partial charge >= 0.3 is 0 Å². The van der Waals surface area contributed by atoms with Gasteiger partial charge in [0, 0.05) is 0 Å². The lowest BCUT2D eigenvalue weighted by molar-refractivity contribution is 0.0926. The molecule has 1 N–H and O–H groups in total.